The van der Waals surface area contributed by atoms with Crippen molar-refractivity contribution in [1.29, 1.82) is 0 Å². The number of ether oxygens (including phenoxy) is 3. The first kappa shape index (κ1) is 25.1. The van der Waals surface area contributed by atoms with Crippen LogP contribution >= 0.6 is 24.0 Å². The van der Waals surface area contributed by atoms with Crippen LogP contribution in [0.3, 0.4) is 0 Å². The Morgan fingerprint density at radius 3 is 2.64 bits per heavy atom. The van der Waals surface area contributed by atoms with E-state index >= 15 is 0 Å². The summed E-state index contributed by atoms with van der Waals surface area (Å²) >= 11 is 0. The molecule has 2 rings (SSSR count). The molecule has 1 fully saturated rings. The molecule has 0 saturated carbocycles. The van der Waals surface area contributed by atoms with E-state index in [1.807, 2.05) is 12.1 Å². The summed E-state index contributed by atoms with van der Waals surface area (Å²) in [6.45, 7) is 8.40. The van der Waals surface area contributed by atoms with Gasteiger partial charge in [0, 0.05) is 46.6 Å². The quantitative estimate of drug-likeness (QED) is 0.209. The monoisotopic (exact) mass is 505 g/mol. The van der Waals surface area contributed by atoms with Crippen LogP contribution in [0.1, 0.15) is 37.3 Å². The van der Waals surface area contributed by atoms with Gasteiger partial charge in [0.05, 0.1) is 13.2 Å². The Balaban J connectivity index is 0.00000392. The van der Waals surface area contributed by atoms with Gasteiger partial charge in [0.2, 0.25) is 0 Å². The Morgan fingerprint density at radius 2 is 1.93 bits per heavy atom. The molecule has 0 aromatic heterocycles. The molecule has 1 aliphatic heterocycles. The van der Waals surface area contributed by atoms with Gasteiger partial charge in [0.15, 0.2) is 5.96 Å². The van der Waals surface area contributed by atoms with Crippen LogP contribution in [0.25, 0.3) is 0 Å². The molecular weight excluding hydrogens is 469 g/mol. The van der Waals surface area contributed by atoms with Gasteiger partial charge >= 0.3 is 0 Å². The highest BCUT2D eigenvalue weighted by Crippen LogP contribution is 2.14. The smallest absolute Gasteiger partial charge is 0.191 e. The lowest BCUT2D eigenvalue weighted by Crippen LogP contribution is -2.38. The average Bonchev–Trinajstić information content (AvgIpc) is 2.70. The summed E-state index contributed by atoms with van der Waals surface area (Å²) in [5, 5.41) is 6.69. The number of hydrogen-bond acceptors (Lipinski definition) is 4. The Hall–Kier alpha value is -0.900. The molecule has 2 N–H and O–H groups in total. The lowest BCUT2D eigenvalue weighted by molar-refractivity contribution is 0.0203. The fourth-order valence-electron chi connectivity index (χ4n) is 3.06. The van der Waals surface area contributed by atoms with Crippen LogP contribution in [0.5, 0.6) is 0 Å². The molecule has 1 aromatic carbocycles. The Labute approximate surface area is 186 Å². The summed E-state index contributed by atoms with van der Waals surface area (Å²) in [6.07, 6.45) is 3.22. The van der Waals surface area contributed by atoms with E-state index < -0.39 is 0 Å². The minimum atomic E-state index is 0. The lowest BCUT2D eigenvalue weighted by atomic mass is 10.0. The maximum Gasteiger partial charge on any atom is 0.191 e. The lowest BCUT2D eigenvalue weighted by Gasteiger charge is -2.21. The van der Waals surface area contributed by atoms with Gasteiger partial charge in [-0.25, -0.2) is 4.99 Å². The summed E-state index contributed by atoms with van der Waals surface area (Å²) in [5.41, 5.74) is 2.37. The maximum atomic E-state index is 5.82. The van der Waals surface area contributed by atoms with E-state index in [0.29, 0.717) is 19.1 Å². The van der Waals surface area contributed by atoms with E-state index in [2.05, 4.69) is 29.7 Å². The summed E-state index contributed by atoms with van der Waals surface area (Å²) in [7, 11) is 1.72. The number of benzene rings is 1. The molecule has 1 saturated heterocycles. The van der Waals surface area contributed by atoms with Crippen molar-refractivity contribution in [3.8, 4) is 0 Å². The van der Waals surface area contributed by atoms with Crippen LogP contribution in [0.15, 0.2) is 29.3 Å². The molecule has 28 heavy (non-hydrogen) atoms. The number of halogens is 1. The number of nitrogens with one attached hydrogen (secondary N) is 2. The first-order valence-corrected chi connectivity index (χ1v) is 10.1. The van der Waals surface area contributed by atoms with Gasteiger partial charge in [-0.2, -0.15) is 0 Å². The summed E-state index contributed by atoms with van der Waals surface area (Å²) < 4.78 is 16.5. The Bertz CT molecular complexity index is 551. The first-order valence-electron chi connectivity index (χ1n) is 10.1. The third-order valence-electron chi connectivity index (χ3n) is 4.62. The SMILES string of the molecule is CCNC(=NCc1ccccc1COC)NCCCOCC1CCOCC1.I. The number of hydrogen-bond donors (Lipinski definition) is 2. The predicted octanol–water partition coefficient (Wildman–Crippen LogP) is 3.34. The van der Waals surface area contributed by atoms with E-state index in [4.69, 9.17) is 19.2 Å². The standard InChI is InChI=1S/C21H35N3O3.HI/c1-3-22-21(24-15-19-7-4-5-8-20(19)17-25-2)23-11-6-12-27-16-18-9-13-26-14-10-18;/h4-5,7-8,18H,3,6,9-17H2,1-2H3,(H2,22,23,24);1H. The van der Waals surface area contributed by atoms with E-state index in [-0.39, 0.29) is 24.0 Å². The molecule has 0 spiro atoms. The van der Waals surface area contributed by atoms with Crippen molar-refractivity contribution in [2.75, 3.05) is 46.6 Å². The molecule has 1 aliphatic rings. The van der Waals surface area contributed by atoms with Crippen molar-refractivity contribution < 1.29 is 14.2 Å². The number of aliphatic imine (C=N–C) groups is 1. The molecule has 1 aromatic rings. The van der Waals surface area contributed by atoms with Crippen molar-refractivity contribution in [2.24, 2.45) is 10.9 Å². The fraction of sp³-hybridized carbons (Fsp3) is 0.667. The highest BCUT2D eigenvalue weighted by Gasteiger charge is 2.13. The van der Waals surface area contributed by atoms with E-state index in [0.717, 1.165) is 64.7 Å². The molecule has 0 amide bonds. The van der Waals surface area contributed by atoms with E-state index in [9.17, 15) is 0 Å². The number of nitrogens with zero attached hydrogens (tertiary/aromatic N) is 1. The van der Waals surface area contributed by atoms with Gasteiger partial charge in [0.25, 0.3) is 0 Å². The van der Waals surface area contributed by atoms with Gasteiger partial charge in [-0.1, -0.05) is 24.3 Å². The van der Waals surface area contributed by atoms with Gasteiger partial charge < -0.3 is 24.8 Å². The molecule has 0 atom stereocenters. The minimum Gasteiger partial charge on any atom is -0.381 e. The van der Waals surface area contributed by atoms with Gasteiger partial charge in [-0.3, -0.25) is 0 Å². The van der Waals surface area contributed by atoms with E-state index in [1.54, 1.807) is 7.11 Å². The van der Waals surface area contributed by atoms with Gasteiger partial charge in [0.1, 0.15) is 0 Å². The van der Waals surface area contributed by atoms with Crippen LogP contribution < -0.4 is 10.6 Å². The molecule has 0 unspecified atom stereocenters. The van der Waals surface area contributed by atoms with E-state index in [1.165, 1.54) is 11.1 Å². The van der Waals surface area contributed by atoms with Crippen LogP contribution in [-0.2, 0) is 27.4 Å². The molecule has 0 bridgehead atoms. The third-order valence-corrected chi connectivity index (χ3v) is 4.62. The van der Waals surface area contributed by atoms with Crippen molar-refractivity contribution in [3.05, 3.63) is 35.4 Å². The second kappa shape index (κ2) is 16.0. The van der Waals surface area contributed by atoms with Gasteiger partial charge in [-0.15, -0.1) is 24.0 Å². The number of rotatable bonds is 11. The Kier molecular flexibility index (Phi) is 14.3. The van der Waals surface area contributed by atoms with Crippen molar-refractivity contribution in [2.45, 2.75) is 39.3 Å². The highest BCUT2D eigenvalue weighted by atomic mass is 127. The molecule has 6 nitrogen and oxygen atoms in total. The van der Waals surface area contributed by atoms with Crippen molar-refractivity contribution >= 4 is 29.9 Å². The van der Waals surface area contributed by atoms with Crippen LogP contribution in [-0.4, -0.2) is 52.6 Å². The maximum absolute atomic E-state index is 5.82. The molecule has 1 heterocycles. The highest BCUT2D eigenvalue weighted by molar-refractivity contribution is 14.0. The second-order valence-corrected chi connectivity index (χ2v) is 6.81. The predicted molar refractivity (Wildman–Crippen MR) is 124 cm³/mol. The van der Waals surface area contributed by atoms with Gasteiger partial charge in [-0.05, 0) is 43.2 Å². The number of guanidine groups is 1. The molecular formula is C21H36IN3O3. The normalized spacial score (nSPS) is 15.1. The molecule has 160 valence electrons. The molecule has 0 aliphatic carbocycles. The summed E-state index contributed by atoms with van der Waals surface area (Å²) in [6, 6.07) is 8.27. The zero-order chi connectivity index (χ0) is 19.2. The first-order chi connectivity index (χ1) is 13.3. The van der Waals surface area contributed by atoms with Crippen LogP contribution in [0.2, 0.25) is 0 Å². The zero-order valence-electron chi connectivity index (χ0n) is 17.2. The Morgan fingerprint density at radius 1 is 1.18 bits per heavy atom. The molecule has 0 radical (unpaired) electrons. The summed E-state index contributed by atoms with van der Waals surface area (Å²) in [4.78, 5) is 4.70. The second-order valence-electron chi connectivity index (χ2n) is 6.81. The van der Waals surface area contributed by atoms with Crippen molar-refractivity contribution in [1.82, 2.24) is 10.6 Å². The average molecular weight is 505 g/mol. The summed E-state index contributed by atoms with van der Waals surface area (Å²) in [5.74, 6) is 1.51. The largest absolute Gasteiger partial charge is 0.381 e. The zero-order valence-corrected chi connectivity index (χ0v) is 19.6. The topological polar surface area (TPSA) is 64.1 Å². The van der Waals surface area contributed by atoms with Crippen molar-refractivity contribution in [3.63, 3.8) is 0 Å². The minimum absolute atomic E-state index is 0. The third kappa shape index (κ3) is 10.0. The number of methoxy groups -OCH3 is 1. The fourth-order valence-corrected chi connectivity index (χ4v) is 3.06. The molecule has 7 heteroatoms. The van der Waals surface area contributed by atoms with Crippen LogP contribution in [0, 0.1) is 5.92 Å². The van der Waals surface area contributed by atoms with Crippen LogP contribution in [0.4, 0.5) is 0 Å².